The van der Waals surface area contributed by atoms with Gasteiger partial charge in [-0.05, 0) is 66.6 Å². The Balaban J connectivity index is 1.47. The second kappa shape index (κ2) is 12.8. The predicted molar refractivity (Wildman–Crippen MR) is 137 cm³/mol. The van der Waals surface area contributed by atoms with Gasteiger partial charge in [0.15, 0.2) is 0 Å². The molecule has 0 spiro atoms. The number of anilines is 2. The molecule has 0 fully saturated rings. The van der Waals surface area contributed by atoms with Crippen LogP contribution in [0.1, 0.15) is 47.7 Å². The van der Waals surface area contributed by atoms with Crippen LogP contribution in [0.25, 0.3) is 6.08 Å². The van der Waals surface area contributed by atoms with Crippen molar-refractivity contribution in [3.63, 3.8) is 0 Å². The number of esters is 2. The lowest BCUT2D eigenvalue weighted by atomic mass is 10.1. The van der Waals surface area contributed by atoms with E-state index in [0.29, 0.717) is 34.9 Å². The first-order chi connectivity index (χ1) is 16.9. The Bertz CT molecular complexity index is 1150. The Morgan fingerprint density at radius 1 is 0.886 bits per heavy atom. The molecule has 0 aliphatic rings. The van der Waals surface area contributed by atoms with Crippen molar-refractivity contribution < 1.29 is 23.8 Å². The maximum Gasteiger partial charge on any atom is 0.343 e. The molecule has 3 aromatic rings. The Morgan fingerprint density at radius 2 is 1.60 bits per heavy atom. The van der Waals surface area contributed by atoms with Crippen molar-refractivity contribution in [2.75, 3.05) is 18.1 Å². The van der Waals surface area contributed by atoms with Crippen LogP contribution in [0.4, 0.5) is 11.4 Å². The molecule has 0 aliphatic heterocycles. The lowest BCUT2D eigenvalue weighted by molar-refractivity contribution is -0.138. The highest BCUT2D eigenvalue weighted by Gasteiger charge is 2.09. The number of rotatable bonds is 11. The van der Waals surface area contributed by atoms with Crippen LogP contribution in [0.3, 0.4) is 0 Å². The molecular weight excluding hydrogens is 444 g/mol. The Labute approximate surface area is 205 Å². The number of benzene rings is 3. The molecule has 35 heavy (non-hydrogen) atoms. The predicted octanol–water partition coefficient (Wildman–Crippen LogP) is 5.40. The number of carbonyl (C=O) groups is 2. The molecular formula is C28H30N2O5. The van der Waals surface area contributed by atoms with Crippen molar-refractivity contribution in [2.45, 2.75) is 32.8 Å². The molecule has 0 aliphatic carbocycles. The van der Waals surface area contributed by atoms with Crippen LogP contribution < -0.4 is 20.9 Å². The van der Waals surface area contributed by atoms with Gasteiger partial charge in [-0.2, -0.15) is 0 Å². The molecule has 4 N–H and O–H groups in total. The van der Waals surface area contributed by atoms with Crippen molar-refractivity contribution in [1.29, 1.82) is 0 Å². The fraction of sp³-hybridized carbons (Fsp3) is 0.214. The molecule has 0 aromatic heterocycles. The quantitative estimate of drug-likeness (QED) is 0.126. The minimum Gasteiger partial charge on any atom is -0.494 e. The molecule has 0 amide bonds. The van der Waals surface area contributed by atoms with Crippen molar-refractivity contribution in [2.24, 2.45) is 0 Å². The lowest BCUT2D eigenvalue weighted by Gasteiger charge is -2.08. The Morgan fingerprint density at radius 3 is 2.29 bits per heavy atom. The summed E-state index contributed by atoms with van der Waals surface area (Å²) in [6, 6.07) is 18.7. The Hall–Kier alpha value is -4.26. The van der Waals surface area contributed by atoms with Crippen LogP contribution in [0.2, 0.25) is 0 Å². The summed E-state index contributed by atoms with van der Waals surface area (Å²) in [6.07, 6.45) is 6.20. The topological polar surface area (TPSA) is 114 Å². The second-order valence-electron chi connectivity index (χ2n) is 7.94. The summed E-state index contributed by atoms with van der Waals surface area (Å²) in [4.78, 5) is 24.4. The van der Waals surface area contributed by atoms with E-state index in [0.717, 1.165) is 30.6 Å². The van der Waals surface area contributed by atoms with Gasteiger partial charge in [0, 0.05) is 23.0 Å². The van der Waals surface area contributed by atoms with E-state index in [4.69, 9.17) is 25.7 Å². The molecule has 0 atom stereocenters. The van der Waals surface area contributed by atoms with Crippen molar-refractivity contribution in [3.05, 3.63) is 89.5 Å². The van der Waals surface area contributed by atoms with E-state index in [1.807, 2.05) is 0 Å². The molecule has 7 nitrogen and oxygen atoms in total. The molecule has 0 saturated heterocycles. The second-order valence-corrected chi connectivity index (χ2v) is 7.94. The largest absolute Gasteiger partial charge is 0.494 e. The van der Waals surface area contributed by atoms with Gasteiger partial charge in [-0.25, -0.2) is 9.59 Å². The zero-order valence-corrected chi connectivity index (χ0v) is 19.7. The third-order valence-electron chi connectivity index (χ3n) is 5.15. The van der Waals surface area contributed by atoms with Gasteiger partial charge in [-0.3, -0.25) is 0 Å². The maximum absolute atomic E-state index is 12.4. The van der Waals surface area contributed by atoms with E-state index >= 15 is 0 Å². The summed E-state index contributed by atoms with van der Waals surface area (Å²) in [5, 5.41) is 0. The monoisotopic (exact) mass is 474 g/mol. The SMILES string of the molecule is CCCCCOc1ccc(OC(=O)c2ccc(/C=C/C(=O)OCc3ccc(N)cc3N)cc2)cc1. The Kier molecular flexibility index (Phi) is 9.31. The third-order valence-corrected chi connectivity index (χ3v) is 5.15. The van der Waals surface area contributed by atoms with Crippen LogP contribution >= 0.6 is 0 Å². The van der Waals surface area contributed by atoms with Gasteiger partial charge in [0.1, 0.15) is 18.1 Å². The highest BCUT2D eigenvalue weighted by atomic mass is 16.5. The standard InChI is InChI=1S/C28H30N2O5/c1-2-3-4-17-33-24-12-14-25(15-13-24)35-28(32)21-8-5-20(6-9-21)7-16-27(31)34-19-22-10-11-23(29)18-26(22)30/h5-16,18H,2-4,17,19,29-30H2,1H3/b16-7+. The normalized spacial score (nSPS) is 10.8. The van der Waals surface area contributed by atoms with Crippen LogP contribution in [0, 0.1) is 0 Å². The van der Waals surface area contributed by atoms with Gasteiger partial charge in [0.05, 0.1) is 12.2 Å². The van der Waals surface area contributed by atoms with Crippen LogP contribution in [0.5, 0.6) is 11.5 Å². The summed E-state index contributed by atoms with van der Waals surface area (Å²) < 4.78 is 16.3. The molecule has 0 radical (unpaired) electrons. The van der Waals surface area contributed by atoms with E-state index in [1.54, 1.807) is 72.8 Å². The molecule has 0 saturated carbocycles. The fourth-order valence-corrected chi connectivity index (χ4v) is 3.15. The van der Waals surface area contributed by atoms with Gasteiger partial charge in [0.25, 0.3) is 0 Å². The lowest BCUT2D eigenvalue weighted by Crippen LogP contribution is -2.08. The molecule has 3 rings (SSSR count). The number of carbonyl (C=O) groups excluding carboxylic acids is 2. The smallest absolute Gasteiger partial charge is 0.343 e. The van der Waals surface area contributed by atoms with Gasteiger partial charge < -0.3 is 25.7 Å². The van der Waals surface area contributed by atoms with Crippen LogP contribution in [-0.4, -0.2) is 18.5 Å². The van der Waals surface area contributed by atoms with Crippen LogP contribution in [0.15, 0.2) is 72.8 Å². The van der Waals surface area contributed by atoms with Gasteiger partial charge >= 0.3 is 11.9 Å². The third kappa shape index (κ3) is 8.23. The maximum atomic E-state index is 12.4. The number of ether oxygens (including phenoxy) is 3. The van der Waals surface area contributed by atoms with Crippen molar-refractivity contribution >= 4 is 29.4 Å². The van der Waals surface area contributed by atoms with Gasteiger partial charge in [-0.1, -0.05) is 38.0 Å². The summed E-state index contributed by atoms with van der Waals surface area (Å²) >= 11 is 0. The fourth-order valence-electron chi connectivity index (χ4n) is 3.15. The van der Waals surface area contributed by atoms with E-state index in [9.17, 15) is 9.59 Å². The summed E-state index contributed by atoms with van der Waals surface area (Å²) in [7, 11) is 0. The van der Waals surface area contributed by atoms with E-state index in [1.165, 1.54) is 6.08 Å². The highest BCUT2D eigenvalue weighted by Crippen LogP contribution is 2.20. The summed E-state index contributed by atoms with van der Waals surface area (Å²) in [6.45, 7) is 2.86. The minimum absolute atomic E-state index is 0.0476. The molecule has 0 unspecified atom stereocenters. The highest BCUT2D eigenvalue weighted by molar-refractivity contribution is 5.91. The molecule has 7 heteroatoms. The zero-order valence-electron chi connectivity index (χ0n) is 19.7. The van der Waals surface area contributed by atoms with E-state index in [-0.39, 0.29) is 6.61 Å². The molecule has 3 aromatic carbocycles. The number of hydrogen-bond acceptors (Lipinski definition) is 7. The van der Waals surface area contributed by atoms with E-state index < -0.39 is 11.9 Å². The number of hydrogen-bond donors (Lipinski definition) is 2. The summed E-state index contributed by atoms with van der Waals surface area (Å²) in [5.41, 5.74) is 14.3. The molecule has 182 valence electrons. The average Bonchev–Trinajstić information content (AvgIpc) is 2.86. The van der Waals surface area contributed by atoms with E-state index in [2.05, 4.69) is 6.92 Å². The first-order valence-corrected chi connectivity index (χ1v) is 11.5. The average molecular weight is 475 g/mol. The molecule has 0 heterocycles. The minimum atomic E-state index is -0.512. The first-order valence-electron chi connectivity index (χ1n) is 11.5. The first kappa shape index (κ1) is 25.4. The number of nitrogens with two attached hydrogens (primary N) is 2. The van der Waals surface area contributed by atoms with Crippen LogP contribution in [-0.2, 0) is 16.1 Å². The van der Waals surface area contributed by atoms with Gasteiger partial charge in [0.2, 0.25) is 0 Å². The summed E-state index contributed by atoms with van der Waals surface area (Å²) in [5.74, 6) is 0.192. The van der Waals surface area contributed by atoms with Crippen molar-refractivity contribution in [3.8, 4) is 11.5 Å². The number of unbranched alkanes of at least 4 members (excludes halogenated alkanes) is 2. The van der Waals surface area contributed by atoms with Gasteiger partial charge in [-0.15, -0.1) is 0 Å². The molecule has 0 bridgehead atoms. The zero-order chi connectivity index (χ0) is 25.0. The van der Waals surface area contributed by atoms with Crippen molar-refractivity contribution in [1.82, 2.24) is 0 Å². The number of nitrogen functional groups attached to an aromatic ring is 2.